The van der Waals surface area contributed by atoms with Gasteiger partial charge in [-0.3, -0.25) is 0 Å². The Hall–Kier alpha value is -2.52. The van der Waals surface area contributed by atoms with Crippen molar-refractivity contribution in [3.05, 3.63) is 41.6 Å². The maximum atomic E-state index is 14.0. The molecule has 2 aliphatic heterocycles. The second-order valence-electron chi connectivity index (χ2n) is 7.46. The summed E-state index contributed by atoms with van der Waals surface area (Å²) in [4.78, 5) is 5.84. The zero-order valence-electron chi connectivity index (χ0n) is 16.3. The van der Waals surface area contributed by atoms with Gasteiger partial charge in [0.25, 0.3) is 0 Å². The lowest BCUT2D eigenvalue weighted by Gasteiger charge is -2.39. The van der Waals surface area contributed by atoms with Crippen molar-refractivity contribution in [2.45, 2.75) is 31.1 Å². The van der Waals surface area contributed by atoms with Gasteiger partial charge in [-0.2, -0.15) is 13.2 Å². The van der Waals surface area contributed by atoms with Gasteiger partial charge >= 0.3 is 6.18 Å². The summed E-state index contributed by atoms with van der Waals surface area (Å²) >= 11 is 0. The summed E-state index contributed by atoms with van der Waals surface area (Å²) in [5.74, 6) is 0.334. The third-order valence-electron chi connectivity index (χ3n) is 5.67. The first-order valence-electron chi connectivity index (χ1n) is 9.58. The van der Waals surface area contributed by atoms with Gasteiger partial charge in [0, 0.05) is 31.0 Å². The molecule has 6 nitrogen and oxygen atoms in total. The summed E-state index contributed by atoms with van der Waals surface area (Å²) in [5, 5.41) is 6.27. The monoisotopic (exact) mass is 407 g/mol. The first-order chi connectivity index (χ1) is 13.8. The summed E-state index contributed by atoms with van der Waals surface area (Å²) in [7, 11) is 1.69. The number of hydrogen-bond acceptors (Lipinski definition) is 6. The topological polar surface area (TPSA) is 75.4 Å². The molecular formula is C20H24F3N5O. The number of pyridine rings is 1. The lowest BCUT2D eigenvalue weighted by Crippen LogP contribution is -2.60. The van der Waals surface area contributed by atoms with Crippen LogP contribution in [0.3, 0.4) is 0 Å². The Bertz CT molecular complexity index is 919. The van der Waals surface area contributed by atoms with Crippen molar-refractivity contribution in [3.63, 3.8) is 0 Å². The average Bonchev–Trinajstić information content (AvgIpc) is 2.90. The number of piperidine rings is 1. The zero-order chi connectivity index (χ0) is 20.8. The Labute approximate surface area is 167 Å². The van der Waals surface area contributed by atoms with Crippen molar-refractivity contribution in [2.75, 3.05) is 37.0 Å². The fourth-order valence-electron chi connectivity index (χ4n) is 4.43. The minimum atomic E-state index is -4.51. The number of halogens is 3. The number of hydrogen-bond donors (Lipinski definition) is 3. The van der Waals surface area contributed by atoms with Crippen LogP contribution in [0, 0.1) is 0 Å². The summed E-state index contributed by atoms with van der Waals surface area (Å²) in [6.45, 7) is 3.36. The van der Waals surface area contributed by atoms with Gasteiger partial charge in [-0.15, -0.1) is 0 Å². The molecule has 2 atom stereocenters. The van der Waals surface area contributed by atoms with Crippen molar-refractivity contribution < 1.29 is 17.9 Å². The smallest absolute Gasteiger partial charge is 0.418 e. The van der Waals surface area contributed by atoms with Crippen LogP contribution in [0.2, 0.25) is 0 Å². The molecule has 0 aliphatic carbocycles. The Morgan fingerprint density at radius 1 is 1.41 bits per heavy atom. The van der Waals surface area contributed by atoms with E-state index in [1.807, 2.05) is 6.92 Å². The average molecular weight is 407 g/mol. The molecule has 4 N–H and O–H groups in total. The predicted molar refractivity (Wildman–Crippen MR) is 106 cm³/mol. The number of ether oxygens (including phenoxy) is 1. The summed E-state index contributed by atoms with van der Waals surface area (Å²) in [6, 6.07) is 6.08. The van der Waals surface area contributed by atoms with Gasteiger partial charge < -0.3 is 26.0 Å². The maximum absolute atomic E-state index is 14.0. The van der Waals surface area contributed by atoms with Crippen LogP contribution in [0.4, 0.5) is 30.2 Å². The molecule has 1 saturated heterocycles. The molecule has 0 saturated carbocycles. The van der Waals surface area contributed by atoms with Gasteiger partial charge in [0.1, 0.15) is 5.69 Å². The number of fused-ring (bicyclic) bond motifs is 3. The fraction of sp³-hybridized carbons (Fsp3) is 0.450. The van der Waals surface area contributed by atoms with Gasteiger partial charge in [0.2, 0.25) is 5.88 Å². The van der Waals surface area contributed by atoms with Gasteiger partial charge in [-0.1, -0.05) is 0 Å². The quantitative estimate of drug-likeness (QED) is 0.723. The summed E-state index contributed by atoms with van der Waals surface area (Å²) in [5.41, 5.74) is 6.56. The number of anilines is 3. The third-order valence-corrected chi connectivity index (χ3v) is 5.67. The normalized spacial score (nSPS) is 23.5. The van der Waals surface area contributed by atoms with Crippen molar-refractivity contribution in [1.82, 2.24) is 10.3 Å². The van der Waals surface area contributed by atoms with Gasteiger partial charge in [0.15, 0.2) is 0 Å². The number of likely N-dealkylation sites (N-methyl/N-ethyl adjacent to an activating group) is 1. The number of alkyl halides is 3. The number of nitrogens with two attached hydrogens (primary N) is 1. The lowest BCUT2D eigenvalue weighted by molar-refractivity contribution is -0.137. The molecule has 4 rings (SSSR count). The highest BCUT2D eigenvalue weighted by Crippen LogP contribution is 2.51. The molecule has 0 amide bonds. The minimum absolute atomic E-state index is 0.162. The molecular weight excluding hydrogens is 383 g/mol. The van der Waals surface area contributed by atoms with Gasteiger partial charge in [-0.25, -0.2) is 4.98 Å². The Balaban J connectivity index is 1.84. The summed E-state index contributed by atoms with van der Waals surface area (Å²) < 4.78 is 47.5. The van der Waals surface area contributed by atoms with Crippen molar-refractivity contribution in [1.29, 1.82) is 0 Å². The van der Waals surface area contributed by atoms with Crippen LogP contribution >= 0.6 is 0 Å². The van der Waals surface area contributed by atoms with Crippen LogP contribution in [0.15, 0.2) is 30.5 Å². The molecule has 2 aromatic rings. The van der Waals surface area contributed by atoms with Crippen molar-refractivity contribution in [2.24, 2.45) is 5.73 Å². The van der Waals surface area contributed by atoms with Gasteiger partial charge in [-0.05, 0) is 44.2 Å². The Kier molecular flexibility index (Phi) is 4.82. The van der Waals surface area contributed by atoms with Crippen LogP contribution in [0.5, 0.6) is 5.88 Å². The fourth-order valence-corrected chi connectivity index (χ4v) is 4.43. The van der Waals surface area contributed by atoms with E-state index in [0.717, 1.165) is 12.6 Å². The molecule has 2 aliphatic rings. The number of nitrogens with zero attached hydrogens (tertiary/aromatic N) is 2. The molecule has 9 heteroatoms. The second-order valence-corrected chi connectivity index (χ2v) is 7.46. The van der Waals surface area contributed by atoms with Crippen molar-refractivity contribution >= 4 is 17.1 Å². The molecule has 1 aromatic heterocycles. The Morgan fingerprint density at radius 3 is 2.93 bits per heavy atom. The number of rotatable bonds is 4. The zero-order valence-corrected chi connectivity index (χ0v) is 16.3. The van der Waals surface area contributed by atoms with E-state index in [4.69, 9.17) is 10.5 Å². The molecule has 2 unspecified atom stereocenters. The second kappa shape index (κ2) is 7.07. The molecule has 3 heterocycles. The van der Waals surface area contributed by atoms with E-state index in [-0.39, 0.29) is 11.7 Å². The third kappa shape index (κ3) is 3.28. The van der Waals surface area contributed by atoms with Crippen LogP contribution in [0.25, 0.3) is 0 Å². The maximum Gasteiger partial charge on any atom is 0.418 e. The van der Waals surface area contributed by atoms with Crippen LogP contribution in [-0.4, -0.2) is 37.8 Å². The first-order valence-corrected chi connectivity index (χ1v) is 9.58. The van der Waals surface area contributed by atoms with Gasteiger partial charge in [0.05, 0.1) is 29.4 Å². The molecule has 156 valence electrons. The molecule has 0 bridgehead atoms. The van der Waals surface area contributed by atoms with E-state index in [1.54, 1.807) is 36.3 Å². The van der Waals surface area contributed by atoms with E-state index in [9.17, 15) is 13.2 Å². The first kappa shape index (κ1) is 19.8. The van der Waals surface area contributed by atoms with Crippen LogP contribution in [-0.2, 0) is 11.7 Å². The van der Waals surface area contributed by atoms with E-state index in [0.29, 0.717) is 42.4 Å². The SMILES string of the molecule is CCOc1ncccc1Nc1cc(C(F)(F)F)c2c(c1)C1(N)CNCCC1N2C. The summed E-state index contributed by atoms with van der Waals surface area (Å²) in [6.07, 6.45) is -2.26. The highest BCUT2D eigenvalue weighted by molar-refractivity contribution is 5.76. The number of aromatic nitrogens is 1. The largest absolute Gasteiger partial charge is 0.476 e. The molecule has 29 heavy (non-hydrogen) atoms. The molecule has 0 radical (unpaired) electrons. The van der Waals surface area contributed by atoms with Crippen LogP contribution < -0.4 is 26.0 Å². The Morgan fingerprint density at radius 2 is 2.21 bits per heavy atom. The van der Waals surface area contributed by atoms with E-state index >= 15 is 0 Å². The lowest BCUT2D eigenvalue weighted by atomic mass is 9.82. The molecule has 1 aromatic carbocycles. The van der Waals surface area contributed by atoms with E-state index in [2.05, 4.69) is 15.6 Å². The van der Waals surface area contributed by atoms with Crippen LogP contribution in [0.1, 0.15) is 24.5 Å². The van der Waals surface area contributed by atoms with E-state index in [1.165, 1.54) is 0 Å². The number of nitrogens with one attached hydrogen (secondary N) is 2. The predicted octanol–water partition coefficient (Wildman–Crippen LogP) is 3.21. The highest BCUT2D eigenvalue weighted by atomic mass is 19.4. The molecule has 1 fully saturated rings. The van der Waals surface area contributed by atoms with E-state index < -0.39 is 17.3 Å². The highest BCUT2D eigenvalue weighted by Gasteiger charge is 2.52. The van der Waals surface area contributed by atoms with Crippen molar-refractivity contribution in [3.8, 4) is 5.88 Å². The standard InChI is InChI=1S/C20H24F3N5O/c1-3-29-18-15(5-4-7-26-18)27-12-9-13-17(14(10-12)20(21,22)23)28(2)16-6-8-25-11-19(13,16)24/h4-5,7,9-10,16,25,27H,3,6,8,11,24H2,1-2H3. The minimum Gasteiger partial charge on any atom is -0.476 e. The number of benzene rings is 1. The molecule has 0 spiro atoms.